The fourth-order valence-corrected chi connectivity index (χ4v) is 8.43. The molecule has 1 N–H and O–H groups in total. The summed E-state index contributed by atoms with van der Waals surface area (Å²) in [5.41, 5.74) is 18.9. The Hall–Kier alpha value is -7.04. The third kappa shape index (κ3) is 7.30. The van der Waals surface area contributed by atoms with Gasteiger partial charge >= 0.3 is 0 Å². The summed E-state index contributed by atoms with van der Waals surface area (Å²) in [6.45, 7) is 13.0. The number of fused-ring (bicyclic) bond motifs is 1. The summed E-state index contributed by atoms with van der Waals surface area (Å²) in [6.07, 6.45) is 2.79. The van der Waals surface area contributed by atoms with Crippen LogP contribution < -0.4 is 0 Å². The first-order valence-electron chi connectivity index (χ1n) is 20.8. The number of hydrogen-bond donors (Lipinski definition) is 1. The smallest absolute Gasteiger partial charge is 0.149 e. The second-order valence-electron chi connectivity index (χ2n) is 16.9. The number of aromatic hydroxyl groups is 1. The summed E-state index contributed by atoms with van der Waals surface area (Å²) in [5, 5.41) is 11.7. The minimum atomic E-state index is -0.129. The average molecular weight is 780 g/mol. The number of para-hydroxylation sites is 1. The monoisotopic (exact) mass is 779 g/mol. The first-order valence-corrected chi connectivity index (χ1v) is 20.8. The van der Waals surface area contributed by atoms with Crippen LogP contribution in [0, 0.1) is 13.8 Å². The van der Waals surface area contributed by atoms with Crippen LogP contribution in [0.25, 0.3) is 83.9 Å². The lowest BCUT2D eigenvalue weighted by atomic mass is 9.83. The summed E-state index contributed by atoms with van der Waals surface area (Å²) in [4.78, 5) is 10.4. The van der Waals surface area contributed by atoms with Crippen molar-refractivity contribution < 1.29 is 5.11 Å². The van der Waals surface area contributed by atoms with Crippen molar-refractivity contribution >= 4 is 11.0 Å². The molecular weight excluding hydrogens is 731 g/mol. The molecule has 4 heteroatoms. The Morgan fingerprint density at radius 1 is 0.550 bits per heavy atom. The summed E-state index contributed by atoms with van der Waals surface area (Å²) in [7, 11) is 0. The summed E-state index contributed by atoms with van der Waals surface area (Å²) in [5.74, 6) is 0.948. The number of rotatable bonds is 8. The Morgan fingerprint density at radius 3 is 1.92 bits per heavy atom. The molecule has 294 valence electrons. The lowest BCUT2D eigenvalue weighted by molar-refractivity contribution is 0.472. The Morgan fingerprint density at radius 2 is 1.22 bits per heavy atom. The SMILES string of the molecule is CCc1cc(-n2c(-c3cc(C)cc(C)c3O)nc3c(-c4cc(-c5cc(-c6ccc(-c7ccccc7)cc6)ccn5)cc(C(C)(C)C)c4)cccc32)ccc1-c1ccccc1. The standard InChI is InChI=1S/C56H49N3O/c1-7-38-34-47(25-26-48(38)42-17-12-9-13-18-42)59-52-20-14-19-49(53(52)58-55(59)50-30-36(2)29-37(3)54(50)60)44-31-45(33-46(32-44)56(4,5)6)51-35-43(27-28-57-51)41-23-21-40(22-24-41)39-15-10-8-11-16-39/h8-35,60H,7H2,1-6H3. The van der Waals surface area contributed by atoms with Crippen LogP contribution in [0.4, 0.5) is 0 Å². The molecule has 2 aromatic heterocycles. The van der Waals surface area contributed by atoms with Gasteiger partial charge in [0.1, 0.15) is 11.6 Å². The van der Waals surface area contributed by atoms with E-state index in [4.69, 9.17) is 9.97 Å². The number of phenols is 1. The van der Waals surface area contributed by atoms with Gasteiger partial charge in [-0.1, -0.05) is 143 Å². The average Bonchev–Trinajstić information content (AvgIpc) is 3.67. The molecule has 0 saturated carbocycles. The molecule has 2 heterocycles. The molecular formula is C56H49N3O. The highest BCUT2D eigenvalue weighted by Gasteiger charge is 2.23. The van der Waals surface area contributed by atoms with Crippen LogP contribution in [-0.2, 0) is 11.8 Å². The van der Waals surface area contributed by atoms with Gasteiger partial charge in [0.2, 0.25) is 0 Å². The van der Waals surface area contributed by atoms with Crippen LogP contribution in [0.15, 0.2) is 170 Å². The van der Waals surface area contributed by atoms with Crippen molar-refractivity contribution in [2.75, 3.05) is 0 Å². The Kier molecular flexibility index (Phi) is 10.0. The highest BCUT2D eigenvalue weighted by atomic mass is 16.3. The normalized spacial score (nSPS) is 11.6. The van der Waals surface area contributed by atoms with E-state index in [9.17, 15) is 5.11 Å². The van der Waals surface area contributed by atoms with Gasteiger partial charge < -0.3 is 5.11 Å². The van der Waals surface area contributed by atoms with Gasteiger partial charge in [0.25, 0.3) is 0 Å². The molecule has 60 heavy (non-hydrogen) atoms. The van der Waals surface area contributed by atoms with Gasteiger partial charge in [0.05, 0.1) is 22.3 Å². The third-order valence-electron chi connectivity index (χ3n) is 11.7. The van der Waals surface area contributed by atoms with Gasteiger partial charge in [0.15, 0.2) is 0 Å². The molecule has 0 radical (unpaired) electrons. The highest BCUT2D eigenvalue weighted by molar-refractivity contribution is 5.97. The zero-order chi connectivity index (χ0) is 41.5. The quantitative estimate of drug-likeness (QED) is 0.167. The number of aryl methyl sites for hydroxylation is 3. The zero-order valence-corrected chi connectivity index (χ0v) is 35.2. The van der Waals surface area contributed by atoms with Crippen LogP contribution in [-0.4, -0.2) is 19.6 Å². The molecule has 7 aromatic carbocycles. The maximum Gasteiger partial charge on any atom is 0.149 e. The highest BCUT2D eigenvalue weighted by Crippen LogP contribution is 2.42. The second kappa shape index (κ2) is 15.6. The van der Waals surface area contributed by atoms with Crippen molar-refractivity contribution in [3.8, 4) is 78.6 Å². The number of aromatic nitrogens is 3. The van der Waals surface area contributed by atoms with E-state index in [1.54, 1.807) is 0 Å². The third-order valence-corrected chi connectivity index (χ3v) is 11.7. The van der Waals surface area contributed by atoms with Gasteiger partial charge in [-0.15, -0.1) is 0 Å². The molecule has 0 fully saturated rings. The second-order valence-corrected chi connectivity index (χ2v) is 16.9. The van der Waals surface area contributed by atoms with E-state index in [1.165, 1.54) is 33.4 Å². The first-order chi connectivity index (χ1) is 29.1. The molecule has 0 aliphatic heterocycles. The Labute approximate surface area is 353 Å². The number of pyridine rings is 1. The van der Waals surface area contributed by atoms with E-state index in [2.05, 4.69) is 185 Å². The molecule has 0 aliphatic carbocycles. The van der Waals surface area contributed by atoms with Crippen molar-refractivity contribution in [2.24, 2.45) is 0 Å². The molecule has 9 aromatic rings. The molecule has 9 rings (SSSR count). The minimum absolute atomic E-state index is 0.129. The predicted octanol–water partition coefficient (Wildman–Crippen LogP) is 14.6. The fourth-order valence-electron chi connectivity index (χ4n) is 8.43. The van der Waals surface area contributed by atoms with Crippen LogP contribution in [0.1, 0.15) is 49.9 Å². The molecule has 0 unspecified atom stereocenters. The zero-order valence-electron chi connectivity index (χ0n) is 35.2. The van der Waals surface area contributed by atoms with Gasteiger partial charge in [-0.3, -0.25) is 9.55 Å². The van der Waals surface area contributed by atoms with Crippen LogP contribution in [0.2, 0.25) is 0 Å². The minimum Gasteiger partial charge on any atom is -0.507 e. The maximum atomic E-state index is 11.7. The molecule has 0 saturated heterocycles. The fraction of sp³-hybridized carbons (Fsp3) is 0.143. The van der Waals surface area contributed by atoms with Crippen molar-refractivity contribution in [1.82, 2.24) is 14.5 Å². The van der Waals surface area contributed by atoms with Gasteiger partial charge in [-0.2, -0.15) is 0 Å². The van der Waals surface area contributed by atoms with Crippen LogP contribution in [0.5, 0.6) is 5.75 Å². The first kappa shape index (κ1) is 38.5. The summed E-state index contributed by atoms with van der Waals surface area (Å²) in [6, 6.07) is 58.2. The van der Waals surface area contributed by atoms with Crippen LogP contribution in [0.3, 0.4) is 0 Å². The molecule has 0 bridgehead atoms. The topological polar surface area (TPSA) is 50.9 Å². The van der Waals surface area contributed by atoms with Crippen molar-refractivity contribution in [3.63, 3.8) is 0 Å². The number of hydrogen-bond acceptors (Lipinski definition) is 3. The number of phenolic OH excluding ortho intramolecular Hbond substituents is 1. The molecule has 0 amide bonds. The van der Waals surface area contributed by atoms with E-state index >= 15 is 0 Å². The summed E-state index contributed by atoms with van der Waals surface area (Å²) < 4.78 is 2.23. The lowest BCUT2D eigenvalue weighted by Crippen LogP contribution is -2.11. The van der Waals surface area contributed by atoms with Crippen molar-refractivity contribution in [1.29, 1.82) is 0 Å². The maximum absolute atomic E-state index is 11.7. The molecule has 4 nitrogen and oxygen atoms in total. The van der Waals surface area contributed by atoms with E-state index in [0.29, 0.717) is 11.4 Å². The van der Waals surface area contributed by atoms with Crippen LogP contribution >= 0.6 is 0 Å². The van der Waals surface area contributed by atoms with Gasteiger partial charge in [-0.25, -0.2) is 4.98 Å². The van der Waals surface area contributed by atoms with E-state index < -0.39 is 0 Å². The molecule has 0 spiro atoms. The van der Waals surface area contributed by atoms with Gasteiger partial charge in [-0.05, 0) is 135 Å². The van der Waals surface area contributed by atoms with E-state index in [-0.39, 0.29) is 11.2 Å². The Balaban J connectivity index is 1.21. The van der Waals surface area contributed by atoms with E-state index in [0.717, 1.165) is 67.8 Å². The molecule has 0 aliphatic rings. The van der Waals surface area contributed by atoms with Gasteiger partial charge in [0, 0.05) is 23.0 Å². The van der Waals surface area contributed by atoms with Crippen molar-refractivity contribution in [3.05, 3.63) is 192 Å². The largest absolute Gasteiger partial charge is 0.507 e. The van der Waals surface area contributed by atoms with E-state index in [1.807, 2.05) is 31.3 Å². The molecule has 0 atom stereocenters. The number of imidazole rings is 1. The lowest BCUT2D eigenvalue weighted by Gasteiger charge is -2.22. The summed E-state index contributed by atoms with van der Waals surface area (Å²) >= 11 is 0. The number of benzene rings is 7. The number of nitrogens with zero attached hydrogens (tertiary/aromatic N) is 3. The predicted molar refractivity (Wildman–Crippen MR) is 251 cm³/mol. The Bertz CT molecular complexity index is 3010. The van der Waals surface area contributed by atoms with Crippen molar-refractivity contribution in [2.45, 2.75) is 53.4 Å².